The van der Waals surface area contributed by atoms with E-state index in [0.29, 0.717) is 22.6 Å². The van der Waals surface area contributed by atoms with Gasteiger partial charge >= 0.3 is 5.97 Å². The van der Waals surface area contributed by atoms with Gasteiger partial charge in [-0.1, -0.05) is 0 Å². The van der Waals surface area contributed by atoms with E-state index >= 15 is 0 Å². The van der Waals surface area contributed by atoms with Crippen molar-refractivity contribution in [3.8, 4) is 17.0 Å². The minimum absolute atomic E-state index is 0.0854. The molecule has 0 unspecified atom stereocenters. The lowest BCUT2D eigenvalue weighted by Gasteiger charge is -2.09. The zero-order valence-corrected chi connectivity index (χ0v) is 10.5. The summed E-state index contributed by atoms with van der Waals surface area (Å²) < 4.78 is 18.4. The molecule has 1 aromatic carbocycles. The molecule has 5 heteroatoms. The molecular formula is C14H12FNO3. The Labute approximate surface area is 109 Å². The number of pyridine rings is 1. The van der Waals surface area contributed by atoms with E-state index in [1.807, 2.05) is 0 Å². The lowest BCUT2D eigenvalue weighted by molar-refractivity contribution is 0.0690. The number of carboxylic acids is 1. The van der Waals surface area contributed by atoms with Crippen molar-refractivity contribution in [3.63, 3.8) is 0 Å². The fraction of sp³-hybridized carbons (Fsp3) is 0.143. The van der Waals surface area contributed by atoms with E-state index in [1.54, 1.807) is 19.1 Å². The quantitative estimate of drug-likeness (QED) is 0.922. The van der Waals surface area contributed by atoms with E-state index in [2.05, 4.69) is 4.98 Å². The van der Waals surface area contributed by atoms with Crippen LogP contribution in [-0.2, 0) is 0 Å². The molecule has 0 saturated carbocycles. The molecule has 0 aliphatic rings. The number of aryl methyl sites for hydroxylation is 1. The van der Waals surface area contributed by atoms with Gasteiger partial charge in [0.15, 0.2) is 0 Å². The highest BCUT2D eigenvalue weighted by Crippen LogP contribution is 2.29. The first kappa shape index (κ1) is 13.0. The SMILES string of the molecule is COc1ccc(C(=O)O)nc1-c1ccc(F)c(C)c1. The van der Waals surface area contributed by atoms with E-state index in [1.165, 1.54) is 25.3 Å². The van der Waals surface area contributed by atoms with Crippen LogP contribution in [-0.4, -0.2) is 23.2 Å². The first-order chi connectivity index (χ1) is 9.02. The average molecular weight is 261 g/mol. The Balaban J connectivity index is 2.61. The lowest BCUT2D eigenvalue weighted by Crippen LogP contribution is -2.02. The normalized spacial score (nSPS) is 10.3. The van der Waals surface area contributed by atoms with Crippen molar-refractivity contribution in [1.29, 1.82) is 0 Å². The van der Waals surface area contributed by atoms with Crippen molar-refractivity contribution in [2.45, 2.75) is 6.92 Å². The smallest absolute Gasteiger partial charge is 0.354 e. The van der Waals surface area contributed by atoms with Gasteiger partial charge in [-0.2, -0.15) is 0 Å². The first-order valence-corrected chi connectivity index (χ1v) is 5.58. The van der Waals surface area contributed by atoms with Crippen LogP contribution in [0.3, 0.4) is 0 Å². The van der Waals surface area contributed by atoms with E-state index in [4.69, 9.17) is 9.84 Å². The summed E-state index contributed by atoms with van der Waals surface area (Å²) in [5.41, 5.74) is 1.37. The molecule has 0 spiro atoms. The molecular weight excluding hydrogens is 249 g/mol. The first-order valence-electron chi connectivity index (χ1n) is 5.58. The van der Waals surface area contributed by atoms with Crippen LogP contribution in [0.2, 0.25) is 0 Å². The van der Waals surface area contributed by atoms with Gasteiger partial charge in [0.05, 0.1) is 7.11 Å². The lowest BCUT2D eigenvalue weighted by atomic mass is 10.1. The molecule has 2 rings (SSSR count). The standard InChI is InChI=1S/C14H12FNO3/c1-8-7-9(3-4-10(8)15)13-12(19-2)6-5-11(16-13)14(17)18/h3-7H,1-2H3,(H,17,18). The predicted octanol–water partition coefficient (Wildman–Crippen LogP) is 2.90. The molecule has 0 radical (unpaired) electrons. The summed E-state index contributed by atoms with van der Waals surface area (Å²) in [5.74, 6) is -1.00. The van der Waals surface area contributed by atoms with Crippen LogP contribution in [0, 0.1) is 12.7 Å². The monoisotopic (exact) mass is 261 g/mol. The van der Waals surface area contributed by atoms with Crippen molar-refractivity contribution in [2.24, 2.45) is 0 Å². The zero-order chi connectivity index (χ0) is 14.0. The van der Waals surface area contributed by atoms with Gasteiger partial charge < -0.3 is 9.84 Å². The minimum atomic E-state index is -1.12. The molecule has 98 valence electrons. The van der Waals surface area contributed by atoms with Crippen molar-refractivity contribution in [3.05, 3.63) is 47.4 Å². The highest BCUT2D eigenvalue weighted by atomic mass is 19.1. The topological polar surface area (TPSA) is 59.4 Å². The van der Waals surface area contributed by atoms with Gasteiger partial charge in [0.1, 0.15) is 23.0 Å². The fourth-order valence-electron chi connectivity index (χ4n) is 1.73. The molecule has 4 nitrogen and oxygen atoms in total. The second kappa shape index (κ2) is 5.06. The highest BCUT2D eigenvalue weighted by molar-refractivity contribution is 5.86. The Morgan fingerprint density at radius 1 is 1.32 bits per heavy atom. The number of carbonyl (C=O) groups is 1. The largest absolute Gasteiger partial charge is 0.494 e. The van der Waals surface area contributed by atoms with E-state index in [-0.39, 0.29) is 11.5 Å². The van der Waals surface area contributed by atoms with E-state index in [9.17, 15) is 9.18 Å². The summed E-state index contributed by atoms with van der Waals surface area (Å²) in [7, 11) is 1.47. The van der Waals surface area contributed by atoms with Crippen LogP contribution < -0.4 is 4.74 Å². The summed E-state index contributed by atoms with van der Waals surface area (Å²) in [6.07, 6.45) is 0. The summed E-state index contributed by atoms with van der Waals surface area (Å²) >= 11 is 0. The van der Waals surface area contributed by atoms with Crippen LogP contribution in [0.25, 0.3) is 11.3 Å². The Morgan fingerprint density at radius 2 is 2.05 bits per heavy atom. The van der Waals surface area contributed by atoms with Crippen LogP contribution in [0.4, 0.5) is 4.39 Å². The van der Waals surface area contributed by atoms with Crippen molar-refractivity contribution >= 4 is 5.97 Å². The maximum absolute atomic E-state index is 13.3. The summed E-state index contributed by atoms with van der Waals surface area (Å²) in [6, 6.07) is 7.36. The molecule has 0 aliphatic carbocycles. The van der Waals surface area contributed by atoms with Gasteiger partial charge in [-0.05, 0) is 42.8 Å². The summed E-state index contributed by atoms with van der Waals surface area (Å²) in [4.78, 5) is 15.0. The van der Waals surface area contributed by atoms with Crippen LogP contribution in [0.1, 0.15) is 16.1 Å². The fourth-order valence-corrected chi connectivity index (χ4v) is 1.73. The van der Waals surface area contributed by atoms with Crippen molar-refractivity contribution in [2.75, 3.05) is 7.11 Å². The number of rotatable bonds is 3. The maximum Gasteiger partial charge on any atom is 0.354 e. The van der Waals surface area contributed by atoms with Gasteiger partial charge in [-0.15, -0.1) is 0 Å². The highest BCUT2D eigenvalue weighted by Gasteiger charge is 2.13. The summed E-state index contributed by atoms with van der Waals surface area (Å²) in [6.45, 7) is 1.63. The number of halogens is 1. The van der Waals surface area contributed by atoms with Gasteiger partial charge in [-0.3, -0.25) is 0 Å². The molecule has 1 aromatic heterocycles. The molecule has 2 aromatic rings. The minimum Gasteiger partial charge on any atom is -0.494 e. The summed E-state index contributed by atoms with van der Waals surface area (Å²) in [5, 5.41) is 8.96. The van der Waals surface area contributed by atoms with Crippen LogP contribution >= 0.6 is 0 Å². The van der Waals surface area contributed by atoms with Crippen molar-refractivity contribution < 1.29 is 19.0 Å². The Kier molecular flexibility index (Phi) is 3.46. The number of hydrogen-bond donors (Lipinski definition) is 1. The Morgan fingerprint density at radius 3 is 2.63 bits per heavy atom. The van der Waals surface area contributed by atoms with Gasteiger partial charge in [-0.25, -0.2) is 14.2 Å². The van der Waals surface area contributed by atoms with Crippen LogP contribution in [0.15, 0.2) is 30.3 Å². The number of carboxylic acid groups (broad SMARTS) is 1. The number of aromatic carboxylic acids is 1. The third kappa shape index (κ3) is 2.54. The second-order valence-corrected chi connectivity index (χ2v) is 4.02. The zero-order valence-electron chi connectivity index (χ0n) is 10.5. The number of methoxy groups -OCH3 is 1. The number of hydrogen-bond acceptors (Lipinski definition) is 3. The Hall–Kier alpha value is -2.43. The van der Waals surface area contributed by atoms with E-state index in [0.717, 1.165) is 0 Å². The molecule has 19 heavy (non-hydrogen) atoms. The van der Waals surface area contributed by atoms with Gasteiger partial charge in [0.25, 0.3) is 0 Å². The number of ether oxygens (including phenoxy) is 1. The molecule has 1 N–H and O–H groups in total. The molecule has 0 fully saturated rings. The average Bonchev–Trinajstić information content (AvgIpc) is 2.41. The molecule has 0 bridgehead atoms. The molecule has 0 aliphatic heterocycles. The number of aromatic nitrogens is 1. The maximum atomic E-state index is 13.3. The Bertz CT molecular complexity index is 641. The third-order valence-corrected chi connectivity index (χ3v) is 2.73. The van der Waals surface area contributed by atoms with Gasteiger partial charge in [0.2, 0.25) is 0 Å². The van der Waals surface area contributed by atoms with Gasteiger partial charge in [0, 0.05) is 5.56 Å². The van der Waals surface area contributed by atoms with E-state index < -0.39 is 5.97 Å². The van der Waals surface area contributed by atoms with Crippen LogP contribution in [0.5, 0.6) is 5.75 Å². The second-order valence-electron chi connectivity index (χ2n) is 4.02. The van der Waals surface area contributed by atoms with Crippen molar-refractivity contribution in [1.82, 2.24) is 4.98 Å². The number of benzene rings is 1. The number of nitrogens with zero attached hydrogens (tertiary/aromatic N) is 1. The third-order valence-electron chi connectivity index (χ3n) is 2.73. The predicted molar refractivity (Wildman–Crippen MR) is 67.9 cm³/mol. The molecule has 0 saturated heterocycles. The molecule has 0 amide bonds. The molecule has 1 heterocycles. The molecule has 0 atom stereocenters.